The molecule has 0 bridgehead atoms. The molecule has 0 aromatic carbocycles. The first-order chi connectivity index (χ1) is 9.67. The number of ether oxygens (including phenoxy) is 1. The van der Waals surface area contributed by atoms with Crippen LogP contribution in [0.3, 0.4) is 0 Å². The van der Waals surface area contributed by atoms with Gasteiger partial charge in [-0.15, -0.1) is 5.10 Å². The maximum Gasteiger partial charge on any atom is 0.186 e. The van der Waals surface area contributed by atoms with Crippen molar-refractivity contribution < 1.29 is 20.1 Å². The zero-order valence-corrected chi connectivity index (χ0v) is 10.2. The minimum Gasteiger partial charge on any atom is -0.394 e. The predicted molar refractivity (Wildman–Crippen MR) is 63.9 cm³/mol. The molecule has 1 saturated heterocycles. The first-order valence-corrected chi connectivity index (χ1v) is 5.82. The number of hydrazine groups is 1. The SMILES string of the molecule is NNc1ncnc2c1nnn2[C@@H]1O[C@H](CO)[C@@H](O)[C@H]1O. The molecular weight excluding hydrogens is 270 g/mol. The summed E-state index contributed by atoms with van der Waals surface area (Å²) >= 11 is 0. The lowest BCUT2D eigenvalue weighted by Gasteiger charge is -2.14. The Balaban J connectivity index is 2.03. The van der Waals surface area contributed by atoms with Crippen LogP contribution < -0.4 is 11.3 Å². The van der Waals surface area contributed by atoms with E-state index in [4.69, 9.17) is 15.7 Å². The number of hydrogen-bond donors (Lipinski definition) is 5. The van der Waals surface area contributed by atoms with Crippen molar-refractivity contribution >= 4 is 17.0 Å². The Morgan fingerprint density at radius 2 is 2.15 bits per heavy atom. The third-order valence-corrected chi connectivity index (χ3v) is 3.16. The molecule has 4 atom stereocenters. The van der Waals surface area contributed by atoms with Crippen LogP contribution in [0.5, 0.6) is 0 Å². The van der Waals surface area contributed by atoms with Gasteiger partial charge in [0.05, 0.1) is 6.61 Å². The molecule has 0 amide bonds. The number of aliphatic hydroxyl groups excluding tert-OH is 3. The maximum absolute atomic E-state index is 9.96. The highest BCUT2D eigenvalue weighted by atomic mass is 16.6. The number of nitrogens with one attached hydrogen (secondary N) is 1. The summed E-state index contributed by atoms with van der Waals surface area (Å²) in [5, 5.41) is 36.5. The van der Waals surface area contributed by atoms with Crippen molar-refractivity contribution in [1.82, 2.24) is 25.0 Å². The van der Waals surface area contributed by atoms with Crippen LogP contribution >= 0.6 is 0 Å². The van der Waals surface area contributed by atoms with E-state index in [-0.39, 0.29) is 11.5 Å². The lowest BCUT2D eigenvalue weighted by molar-refractivity contribution is -0.0574. The van der Waals surface area contributed by atoms with Crippen LogP contribution in [0.15, 0.2) is 6.33 Å². The molecule has 3 rings (SSSR count). The van der Waals surface area contributed by atoms with Crippen LogP contribution in [0.4, 0.5) is 5.82 Å². The Morgan fingerprint density at radius 1 is 1.35 bits per heavy atom. The fourth-order valence-electron chi connectivity index (χ4n) is 2.12. The minimum atomic E-state index is -1.26. The molecule has 2 aromatic rings. The number of aliphatic hydroxyl groups is 3. The monoisotopic (exact) mass is 283 g/mol. The average Bonchev–Trinajstić information content (AvgIpc) is 3.01. The van der Waals surface area contributed by atoms with Crippen LogP contribution in [-0.4, -0.2) is 65.2 Å². The van der Waals surface area contributed by atoms with Gasteiger partial charge in [-0.2, -0.15) is 4.68 Å². The molecule has 3 heterocycles. The molecule has 1 aliphatic heterocycles. The number of nitrogens with two attached hydrogens (primary N) is 1. The molecule has 108 valence electrons. The van der Waals surface area contributed by atoms with Gasteiger partial charge in [-0.1, -0.05) is 5.21 Å². The van der Waals surface area contributed by atoms with Crippen molar-refractivity contribution in [2.24, 2.45) is 5.84 Å². The molecule has 1 aliphatic rings. The van der Waals surface area contributed by atoms with Gasteiger partial charge in [0.1, 0.15) is 24.6 Å². The molecule has 0 aliphatic carbocycles. The molecule has 1 fully saturated rings. The zero-order valence-electron chi connectivity index (χ0n) is 10.2. The van der Waals surface area contributed by atoms with Crippen molar-refractivity contribution in [3.63, 3.8) is 0 Å². The number of rotatable bonds is 3. The Kier molecular flexibility index (Phi) is 3.19. The highest BCUT2D eigenvalue weighted by Gasteiger charge is 2.44. The number of aromatic nitrogens is 5. The fourth-order valence-corrected chi connectivity index (χ4v) is 2.12. The van der Waals surface area contributed by atoms with Gasteiger partial charge in [-0.25, -0.2) is 15.8 Å². The van der Waals surface area contributed by atoms with E-state index in [9.17, 15) is 10.2 Å². The highest BCUT2D eigenvalue weighted by molar-refractivity contribution is 5.81. The van der Waals surface area contributed by atoms with Crippen LogP contribution in [0.1, 0.15) is 6.23 Å². The quantitative estimate of drug-likeness (QED) is 0.292. The number of fused-ring (bicyclic) bond motifs is 1. The zero-order chi connectivity index (χ0) is 14.3. The summed E-state index contributed by atoms with van der Waals surface area (Å²) in [6, 6.07) is 0. The van der Waals surface area contributed by atoms with Gasteiger partial charge in [0.25, 0.3) is 0 Å². The lowest BCUT2D eigenvalue weighted by Crippen LogP contribution is -2.33. The van der Waals surface area contributed by atoms with Gasteiger partial charge in [0.2, 0.25) is 0 Å². The van der Waals surface area contributed by atoms with E-state index in [0.29, 0.717) is 5.52 Å². The number of nitrogen functional groups attached to an aromatic ring is 1. The third kappa shape index (κ3) is 1.80. The molecule has 0 saturated carbocycles. The van der Waals surface area contributed by atoms with E-state index in [2.05, 4.69) is 25.7 Å². The van der Waals surface area contributed by atoms with E-state index >= 15 is 0 Å². The van der Waals surface area contributed by atoms with E-state index in [0.717, 1.165) is 0 Å². The largest absolute Gasteiger partial charge is 0.394 e. The topological polar surface area (TPSA) is 164 Å². The van der Waals surface area contributed by atoms with E-state index in [1.54, 1.807) is 0 Å². The van der Waals surface area contributed by atoms with Gasteiger partial charge < -0.3 is 25.5 Å². The van der Waals surface area contributed by atoms with E-state index < -0.39 is 31.1 Å². The molecule has 0 unspecified atom stereocenters. The highest BCUT2D eigenvalue weighted by Crippen LogP contribution is 2.30. The summed E-state index contributed by atoms with van der Waals surface area (Å²) in [6.45, 7) is -0.425. The van der Waals surface area contributed by atoms with Crippen LogP contribution in [0.2, 0.25) is 0 Å². The molecular formula is C9H13N7O4. The molecule has 2 aromatic heterocycles. The average molecular weight is 283 g/mol. The summed E-state index contributed by atoms with van der Waals surface area (Å²) in [5.41, 5.74) is 2.93. The van der Waals surface area contributed by atoms with E-state index in [1.807, 2.05) is 0 Å². The smallest absolute Gasteiger partial charge is 0.186 e. The van der Waals surface area contributed by atoms with Gasteiger partial charge >= 0.3 is 0 Å². The molecule has 20 heavy (non-hydrogen) atoms. The first kappa shape index (κ1) is 13.1. The summed E-state index contributed by atoms with van der Waals surface area (Å²) in [7, 11) is 0. The maximum atomic E-state index is 9.96. The van der Waals surface area contributed by atoms with Crippen molar-refractivity contribution in [2.75, 3.05) is 12.0 Å². The summed E-state index contributed by atoms with van der Waals surface area (Å²) in [5.74, 6) is 5.57. The van der Waals surface area contributed by atoms with Crippen LogP contribution in [-0.2, 0) is 4.74 Å². The predicted octanol–water partition coefficient (Wildman–Crippen LogP) is -2.88. The Labute approximate surface area is 112 Å². The second-order valence-electron chi connectivity index (χ2n) is 4.30. The second-order valence-corrected chi connectivity index (χ2v) is 4.30. The molecule has 11 nitrogen and oxygen atoms in total. The molecule has 0 spiro atoms. The normalized spacial score (nSPS) is 30.0. The van der Waals surface area contributed by atoms with Crippen LogP contribution in [0.25, 0.3) is 11.2 Å². The Bertz CT molecular complexity index is 619. The number of anilines is 1. The van der Waals surface area contributed by atoms with E-state index in [1.165, 1.54) is 11.0 Å². The third-order valence-electron chi connectivity index (χ3n) is 3.16. The lowest BCUT2D eigenvalue weighted by atomic mass is 10.1. The molecule has 6 N–H and O–H groups in total. The van der Waals surface area contributed by atoms with Crippen molar-refractivity contribution in [1.29, 1.82) is 0 Å². The van der Waals surface area contributed by atoms with Gasteiger partial charge in [0, 0.05) is 0 Å². The fraction of sp³-hybridized carbons (Fsp3) is 0.556. The van der Waals surface area contributed by atoms with Gasteiger partial charge in [-0.05, 0) is 0 Å². The Morgan fingerprint density at radius 3 is 2.80 bits per heavy atom. The van der Waals surface area contributed by atoms with Crippen LogP contribution in [0, 0.1) is 0 Å². The summed E-state index contributed by atoms with van der Waals surface area (Å²) < 4.78 is 6.57. The summed E-state index contributed by atoms with van der Waals surface area (Å²) in [4.78, 5) is 7.88. The first-order valence-electron chi connectivity index (χ1n) is 5.82. The number of nitrogens with zero attached hydrogens (tertiary/aromatic N) is 5. The van der Waals surface area contributed by atoms with Gasteiger partial charge in [-0.3, -0.25) is 0 Å². The van der Waals surface area contributed by atoms with Crippen molar-refractivity contribution in [3.8, 4) is 0 Å². The van der Waals surface area contributed by atoms with Crippen molar-refractivity contribution in [2.45, 2.75) is 24.5 Å². The standard InChI is InChI=1S/C9H13N7O4/c10-13-7-4-8(12-2-11-7)16(15-14-4)9-6(19)5(18)3(1-17)20-9/h2-3,5-6,9,17-19H,1,10H2,(H,11,12,13)/t3-,5-,6-,9-/m1/s1. The minimum absolute atomic E-state index is 0.271. The Hall–Kier alpha value is -1.92. The van der Waals surface area contributed by atoms with Crippen molar-refractivity contribution in [3.05, 3.63) is 6.33 Å². The summed E-state index contributed by atoms with van der Waals surface area (Å²) in [6.07, 6.45) is -3.14. The number of hydrogen-bond acceptors (Lipinski definition) is 10. The molecule has 11 heteroatoms. The molecule has 0 radical (unpaired) electrons. The van der Waals surface area contributed by atoms with Gasteiger partial charge in [0.15, 0.2) is 23.2 Å². The second kappa shape index (κ2) is 4.88.